The monoisotopic (exact) mass is 438 g/mol. The molecule has 1 aromatic carbocycles. The molecule has 0 radical (unpaired) electrons. The minimum Gasteiger partial charge on any atom is -0.497 e. The lowest BCUT2D eigenvalue weighted by Gasteiger charge is -2.10. The highest BCUT2D eigenvalue weighted by atomic mass is 32.2. The molecule has 0 aliphatic carbocycles. The van der Waals surface area contributed by atoms with Crippen LogP contribution in [0.25, 0.3) is 11.0 Å². The summed E-state index contributed by atoms with van der Waals surface area (Å²) in [5.41, 5.74) is 1.45. The molecule has 0 saturated heterocycles. The van der Waals surface area contributed by atoms with Gasteiger partial charge in [0.05, 0.1) is 18.4 Å². The van der Waals surface area contributed by atoms with E-state index in [1.807, 2.05) is 13.0 Å². The van der Waals surface area contributed by atoms with Gasteiger partial charge in [0.15, 0.2) is 0 Å². The molecule has 4 aromatic rings. The van der Waals surface area contributed by atoms with Gasteiger partial charge in [-0.2, -0.15) is 0 Å². The Bertz CT molecular complexity index is 1300. The first-order valence-electron chi connectivity index (χ1n) is 9.31. The largest absolute Gasteiger partial charge is 0.497 e. The summed E-state index contributed by atoms with van der Waals surface area (Å²) >= 11 is 1.36. The van der Waals surface area contributed by atoms with Gasteiger partial charge >= 0.3 is 11.6 Å². The van der Waals surface area contributed by atoms with Crippen LogP contribution in [0.4, 0.5) is 0 Å². The van der Waals surface area contributed by atoms with Crippen LogP contribution in [0.15, 0.2) is 67.4 Å². The van der Waals surface area contributed by atoms with Gasteiger partial charge < -0.3 is 18.4 Å². The summed E-state index contributed by atoms with van der Waals surface area (Å²) in [7, 11) is 1.53. The molecule has 3 heterocycles. The number of methoxy groups -OCH3 is 1. The first-order chi connectivity index (χ1) is 15.0. The maximum absolute atomic E-state index is 12.7. The minimum atomic E-state index is -0.540. The summed E-state index contributed by atoms with van der Waals surface area (Å²) in [5, 5.41) is 5.13. The second kappa shape index (κ2) is 9.05. The first kappa shape index (κ1) is 20.7. The number of esters is 1. The number of carbonyl (C=O) groups excluding carboxylic acids is 1. The Morgan fingerprint density at radius 1 is 1.19 bits per heavy atom. The van der Waals surface area contributed by atoms with Crippen LogP contribution in [0.3, 0.4) is 0 Å². The van der Waals surface area contributed by atoms with E-state index in [2.05, 4.69) is 10.1 Å². The molecule has 158 valence electrons. The highest BCUT2D eigenvalue weighted by molar-refractivity contribution is 7.98. The van der Waals surface area contributed by atoms with Gasteiger partial charge in [0.1, 0.15) is 28.7 Å². The fourth-order valence-corrected chi connectivity index (χ4v) is 3.83. The lowest BCUT2D eigenvalue weighted by atomic mass is 10.1. The third-order valence-electron chi connectivity index (χ3n) is 4.42. The standard InChI is InChI=1S/C22H18N2O6S/c1-13-8-15(24-30-13)12-31-21-18(4-3-7-23-21)22(26)28-11-14-9-20(25)29-19-10-16(27-2)5-6-17(14)19/h3-10H,11-12H2,1-2H3. The van der Waals surface area contributed by atoms with E-state index in [4.69, 9.17) is 18.4 Å². The molecule has 0 atom stereocenters. The molecule has 0 spiro atoms. The SMILES string of the molecule is COc1ccc2c(COC(=O)c3cccnc3SCc3cc(C)on3)cc(=O)oc2c1. The van der Waals surface area contributed by atoms with Crippen molar-refractivity contribution in [1.82, 2.24) is 10.1 Å². The third-order valence-corrected chi connectivity index (χ3v) is 5.46. The summed E-state index contributed by atoms with van der Waals surface area (Å²) in [4.78, 5) is 28.9. The second-order valence-corrected chi connectivity index (χ2v) is 7.57. The topological polar surface area (TPSA) is 105 Å². The van der Waals surface area contributed by atoms with Crippen LogP contribution < -0.4 is 10.4 Å². The quantitative estimate of drug-likeness (QED) is 0.239. The maximum atomic E-state index is 12.7. The Balaban J connectivity index is 1.51. The van der Waals surface area contributed by atoms with Crippen LogP contribution in [-0.4, -0.2) is 23.2 Å². The third kappa shape index (κ3) is 4.77. The van der Waals surface area contributed by atoms with Gasteiger partial charge in [-0.15, -0.1) is 0 Å². The van der Waals surface area contributed by atoms with E-state index in [0.29, 0.717) is 44.4 Å². The zero-order valence-electron chi connectivity index (χ0n) is 16.8. The molecule has 9 heteroatoms. The van der Waals surface area contributed by atoms with Crippen molar-refractivity contribution in [2.75, 3.05) is 7.11 Å². The van der Waals surface area contributed by atoms with Gasteiger partial charge in [-0.25, -0.2) is 14.6 Å². The molecule has 31 heavy (non-hydrogen) atoms. The van der Waals surface area contributed by atoms with Gasteiger partial charge in [0.25, 0.3) is 0 Å². The highest BCUT2D eigenvalue weighted by Crippen LogP contribution is 2.26. The van der Waals surface area contributed by atoms with Gasteiger partial charge in [0.2, 0.25) is 0 Å². The Hall–Kier alpha value is -3.59. The van der Waals surface area contributed by atoms with E-state index < -0.39 is 11.6 Å². The molecule has 0 aliphatic rings. The molecule has 8 nitrogen and oxygen atoms in total. The van der Waals surface area contributed by atoms with Crippen LogP contribution >= 0.6 is 11.8 Å². The number of thioether (sulfide) groups is 1. The Kier molecular flexibility index (Phi) is 6.03. The normalized spacial score (nSPS) is 10.9. The number of hydrogen-bond acceptors (Lipinski definition) is 9. The van der Waals surface area contributed by atoms with E-state index in [0.717, 1.165) is 5.69 Å². The number of carbonyl (C=O) groups is 1. The number of ether oxygens (including phenoxy) is 2. The molecular formula is C22H18N2O6S. The number of rotatable bonds is 7. The van der Waals surface area contributed by atoms with Crippen LogP contribution in [0.5, 0.6) is 5.75 Å². The summed E-state index contributed by atoms with van der Waals surface area (Å²) < 4.78 is 20.9. The van der Waals surface area contributed by atoms with Crippen molar-refractivity contribution < 1.29 is 23.2 Å². The zero-order chi connectivity index (χ0) is 21.8. The van der Waals surface area contributed by atoms with Crippen molar-refractivity contribution in [1.29, 1.82) is 0 Å². The van der Waals surface area contributed by atoms with E-state index in [1.54, 1.807) is 36.5 Å². The van der Waals surface area contributed by atoms with E-state index in [-0.39, 0.29) is 6.61 Å². The van der Waals surface area contributed by atoms with Gasteiger partial charge in [-0.05, 0) is 31.2 Å². The number of aryl methyl sites for hydroxylation is 1. The van der Waals surface area contributed by atoms with Crippen molar-refractivity contribution in [2.45, 2.75) is 24.3 Å². The zero-order valence-corrected chi connectivity index (χ0v) is 17.6. The van der Waals surface area contributed by atoms with Crippen molar-refractivity contribution in [3.63, 3.8) is 0 Å². The van der Waals surface area contributed by atoms with Crippen molar-refractivity contribution in [2.24, 2.45) is 0 Å². The molecule has 0 aliphatic heterocycles. The van der Waals surface area contributed by atoms with Gasteiger partial charge in [0, 0.05) is 41.1 Å². The Morgan fingerprint density at radius 2 is 2.06 bits per heavy atom. The fraction of sp³-hybridized carbons (Fsp3) is 0.182. The fourth-order valence-electron chi connectivity index (χ4n) is 2.97. The van der Waals surface area contributed by atoms with Crippen molar-refractivity contribution >= 4 is 28.7 Å². The smallest absolute Gasteiger partial charge is 0.341 e. The lowest BCUT2D eigenvalue weighted by molar-refractivity contribution is 0.0468. The predicted octanol–water partition coefficient (Wildman–Crippen LogP) is 4.14. The first-order valence-corrected chi connectivity index (χ1v) is 10.3. The molecule has 0 fully saturated rings. The number of nitrogens with zero attached hydrogens (tertiary/aromatic N) is 2. The lowest BCUT2D eigenvalue weighted by Crippen LogP contribution is -2.09. The average molecular weight is 438 g/mol. The number of benzene rings is 1. The maximum Gasteiger partial charge on any atom is 0.341 e. The Labute approximate surface area is 181 Å². The molecule has 0 saturated carbocycles. The molecular weight excluding hydrogens is 420 g/mol. The number of hydrogen-bond donors (Lipinski definition) is 0. The molecule has 0 unspecified atom stereocenters. The Morgan fingerprint density at radius 3 is 2.84 bits per heavy atom. The van der Waals surface area contributed by atoms with E-state index >= 15 is 0 Å². The molecule has 0 amide bonds. The van der Waals surface area contributed by atoms with Crippen LogP contribution in [0, 0.1) is 6.92 Å². The van der Waals surface area contributed by atoms with Crippen LogP contribution in [0.2, 0.25) is 0 Å². The summed E-state index contributed by atoms with van der Waals surface area (Å²) in [6.07, 6.45) is 1.61. The van der Waals surface area contributed by atoms with Crippen molar-refractivity contribution in [3.8, 4) is 5.75 Å². The van der Waals surface area contributed by atoms with Gasteiger partial charge in [-0.3, -0.25) is 0 Å². The highest BCUT2D eigenvalue weighted by Gasteiger charge is 2.16. The second-order valence-electron chi connectivity index (χ2n) is 6.60. The molecule has 3 aromatic heterocycles. The number of aromatic nitrogens is 2. The summed E-state index contributed by atoms with van der Waals surface area (Å²) in [6, 6.07) is 11.6. The summed E-state index contributed by atoms with van der Waals surface area (Å²) in [5.74, 6) is 1.24. The predicted molar refractivity (Wildman–Crippen MR) is 113 cm³/mol. The molecule has 0 bridgehead atoms. The average Bonchev–Trinajstić information content (AvgIpc) is 3.20. The molecule has 0 N–H and O–H groups in total. The summed E-state index contributed by atoms with van der Waals surface area (Å²) in [6.45, 7) is 1.73. The minimum absolute atomic E-state index is 0.0885. The van der Waals surface area contributed by atoms with Crippen molar-refractivity contribution in [3.05, 3.63) is 81.7 Å². The van der Waals surface area contributed by atoms with E-state index in [1.165, 1.54) is 24.9 Å². The molecule has 4 rings (SSSR count). The number of pyridine rings is 1. The number of fused-ring (bicyclic) bond motifs is 1. The van der Waals surface area contributed by atoms with E-state index in [9.17, 15) is 9.59 Å². The van der Waals surface area contributed by atoms with Crippen LogP contribution in [-0.2, 0) is 17.1 Å². The van der Waals surface area contributed by atoms with Crippen LogP contribution in [0.1, 0.15) is 27.4 Å². The van der Waals surface area contributed by atoms with Gasteiger partial charge in [-0.1, -0.05) is 16.9 Å².